The van der Waals surface area contributed by atoms with Crippen LogP contribution in [-0.2, 0) is 6.54 Å². The molecule has 0 aliphatic rings. The summed E-state index contributed by atoms with van der Waals surface area (Å²) in [5.74, 6) is 1.12. The number of amides is 1. The highest BCUT2D eigenvalue weighted by atomic mass is 16.5. The third-order valence-corrected chi connectivity index (χ3v) is 2.77. The number of methoxy groups -OCH3 is 1. The Labute approximate surface area is 111 Å². The van der Waals surface area contributed by atoms with E-state index in [0.717, 1.165) is 5.82 Å². The van der Waals surface area contributed by atoms with E-state index in [4.69, 9.17) is 10.5 Å². The van der Waals surface area contributed by atoms with Crippen molar-refractivity contribution in [2.45, 2.75) is 6.54 Å². The topological polar surface area (TPSA) is 84.2 Å². The summed E-state index contributed by atoms with van der Waals surface area (Å²) in [6, 6.07) is 4.97. The molecule has 0 aliphatic heterocycles. The first-order valence-electron chi connectivity index (χ1n) is 5.79. The zero-order valence-electron chi connectivity index (χ0n) is 10.9. The number of carbonyl (C=O) groups excluding carboxylic acids is 1. The number of aromatic nitrogens is 2. The molecule has 3 N–H and O–H groups in total. The van der Waals surface area contributed by atoms with Crippen LogP contribution < -0.4 is 10.5 Å². The second-order valence-corrected chi connectivity index (χ2v) is 4.15. The summed E-state index contributed by atoms with van der Waals surface area (Å²) in [5.41, 5.74) is 6.76. The van der Waals surface area contributed by atoms with Crippen molar-refractivity contribution in [3.05, 3.63) is 42.0 Å². The molecule has 0 bridgehead atoms. The Kier molecular flexibility index (Phi) is 3.70. The summed E-state index contributed by atoms with van der Waals surface area (Å²) >= 11 is 0. The van der Waals surface area contributed by atoms with Crippen molar-refractivity contribution < 1.29 is 9.53 Å². The molecule has 1 aromatic carbocycles. The van der Waals surface area contributed by atoms with Gasteiger partial charge in [0, 0.05) is 25.0 Å². The number of H-pyrrole nitrogens is 1. The van der Waals surface area contributed by atoms with E-state index < -0.39 is 0 Å². The number of nitrogens with one attached hydrogen (secondary N) is 1. The molecule has 0 unspecified atom stereocenters. The van der Waals surface area contributed by atoms with E-state index in [1.165, 1.54) is 7.11 Å². The number of hydrogen-bond donors (Lipinski definition) is 2. The molecule has 2 aromatic rings. The van der Waals surface area contributed by atoms with Gasteiger partial charge in [-0.15, -0.1) is 0 Å². The molecule has 19 heavy (non-hydrogen) atoms. The molecular formula is C13H16N4O2. The lowest BCUT2D eigenvalue weighted by molar-refractivity contribution is 0.0781. The summed E-state index contributed by atoms with van der Waals surface area (Å²) in [6.07, 6.45) is 3.37. The Morgan fingerprint density at radius 2 is 2.32 bits per heavy atom. The highest BCUT2D eigenvalue weighted by molar-refractivity contribution is 5.95. The van der Waals surface area contributed by atoms with Gasteiger partial charge in [0.05, 0.1) is 19.3 Å². The SMILES string of the molecule is COc1cc(C(=O)N(C)Cc2ncc[nH]2)ccc1N. The number of ether oxygens (including phenoxy) is 1. The average molecular weight is 260 g/mol. The first kappa shape index (κ1) is 12.9. The van der Waals surface area contributed by atoms with Gasteiger partial charge in [-0.1, -0.05) is 0 Å². The summed E-state index contributed by atoms with van der Waals surface area (Å²) < 4.78 is 5.11. The second-order valence-electron chi connectivity index (χ2n) is 4.15. The lowest BCUT2D eigenvalue weighted by Crippen LogP contribution is -2.26. The smallest absolute Gasteiger partial charge is 0.254 e. The van der Waals surface area contributed by atoms with Gasteiger partial charge in [-0.3, -0.25) is 4.79 Å². The first-order valence-corrected chi connectivity index (χ1v) is 5.79. The van der Waals surface area contributed by atoms with Gasteiger partial charge in [-0.25, -0.2) is 4.98 Å². The molecular weight excluding hydrogens is 244 g/mol. The molecule has 0 saturated carbocycles. The normalized spacial score (nSPS) is 10.2. The van der Waals surface area contributed by atoms with Crippen LogP contribution in [0, 0.1) is 0 Å². The average Bonchev–Trinajstić information content (AvgIpc) is 2.91. The Morgan fingerprint density at radius 1 is 1.53 bits per heavy atom. The van der Waals surface area contributed by atoms with Crippen molar-refractivity contribution in [2.24, 2.45) is 0 Å². The van der Waals surface area contributed by atoms with Gasteiger partial charge in [0.25, 0.3) is 5.91 Å². The maximum Gasteiger partial charge on any atom is 0.254 e. The molecule has 1 aromatic heterocycles. The highest BCUT2D eigenvalue weighted by Crippen LogP contribution is 2.22. The molecule has 6 heteroatoms. The number of rotatable bonds is 4. The van der Waals surface area contributed by atoms with Crippen LogP contribution in [0.25, 0.3) is 0 Å². The quantitative estimate of drug-likeness (QED) is 0.811. The number of imidazole rings is 1. The molecule has 1 amide bonds. The zero-order valence-corrected chi connectivity index (χ0v) is 10.9. The van der Waals surface area contributed by atoms with Crippen LogP contribution in [0.2, 0.25) is 0 Å². The molecule has 0 atom stereocenters. The van der Waals surface area contributed by atoms with Gasteiger partial charge in [-0.05, 0) is 18.2 Å². The Hall–Kier alpha value is -2.50. The fourth-order valence-corrected chi connectivity index (χ4v) is 1.75. The Balaban J connectivity index is 2.14. The second kappa shape index (κ2) is 5.43. The van der Waals surface area contributed by atoms with Gasteiger partial charge in [0.1, 0.15) is 11.6 Å². The van der Waals surface area contributed by atoms with Crippen LogP contribution in [0.5, 0.6) is 5.75 Å². The number of hydrogen-bond acceptors (Lipinski definition) is 4. The fourth-order valence-electron chi connectivity index (χ4n) is 1.75. The molecule has 1 heterocycles. The number of nitrogens with two attached hydrogens (primary N) is 1. The fraction of sp³-hybridized carbons (Fsp3) is 0.231. The summed E-state index contributed by atoms with van der Waals surface area (Å²) in [5, 5.41) is 0. The Bertz CT molecular complexity index is 566. The van der Waals surface area contributed by atoms with Crippen LogP contribution in [0.3, 0.4) is 0 Å². The van der Waals surface area contributed by atoms with E-state index in [2.05, 4.69) is 9.97 Å². The van der Waals surface area contributed by atoms with Crippen LogP contribution >= 0.6 is 0 Å². The molecule has 6 nitrogen and oxygen atoms in total. The number of aromatic amines is 1. The number of nitrogen functional groups attached to an aromatic ring is 1. The third kappa shape index (κ3) is 2.85. The van der Waals surface area contributed by atoms with E-state index in [-0.39, 0.29) is 5.91 Å². The van der Waals surface area contributed by atoms with E-state index in [1.54, 1.807) is 42.5 Å². The number of anilines is 1. The predicted molar refractivity (Wildman–Crippen MR) is 71.8 cm³/mol. The zero-order chi connectivity index (χ0) is 13.8. The largest absolute Gasteiger partial charge is 0.495 e. The minimum Gasteiger partial charge on any atom is -0.495 e. The molecule has 2 rings (SSSR count). The van der Waals surface area contributed by atoms with E-state index in [0.29, 0.717) is 23.5 Å². The van der Waals surface area contributed by atoms with Crippen molar-refractivity contribution in [3.8, 4) is 5.75 Å². The van der Waals surface area contributed by atoms with Crippen molar-refractivity contribution in [1.82, 2.24) is 14.9 Å². The van der Waals surface area contributed by atoms with E-state index >= 15 is 0 Å². The summed E-state index contributed by atoms with van der Waals surface area (Å²) in [6.45, 7) is 0.415. The Morgan fingerprint density at radius 3 is 2.95 bits per heavy atom. The van der Waals surface area contributed by atoms with Gasteiger partial charge >= 0.3 is 0 Å². The number of carbonyl (C=O) groups is 1. The van der Waals surface area contributed by atoms with Crippen LogP contribution in [-0.4, -0.2) is 34.9 Å². The predicted octanol–water partition coefficient (Wildman–Crippen LogP) is 1.27. The minimum absolute atomic E-state index is 0.116. The van der Waals surface area contributed by atoms with Crippen molar-refractivity contribution in [2.75, 3.05) is 19.9 Å². The maximum atomic E-state index is 12.2. The molecule has 0 saturated heterocycles. The standard InChI is InChI=1S/C13H16N4O2/c1-17(8-12-15-5-6-16-12)13(18)9-3-4-10(14)11(7-9)19-2/h3-7H,8,14H2,1-2H3,(H,15,16). The number of nitrogens with zero attached hydrogens (tertiary/aromatic N) is 2. The third-order valence-electron chi connectivity index (χ3n) is 2.77. The van der Waals surface area contributed by atoms with Crippen molar-refractivity contribution >= 4 is 11.6 Å². The molecule has 0 radical (unpaired) electrons. The van der Waals surface area contributed by atoms with Crippen LogP contribution in [0.4, 0.5) is 5.69 Å². The monoisotopic (exact) mass is 260 g/mol. The van der Waals surface area contributed by atoms with Gasteiger partial charge in [-0.2, -0.15) is 0 Å². The van der Waals surface area contributed by atoms with Gasteiger partial charge < -0.3 is 20.4 Å². The summed E-state index contributed by atoms with van der Waals surface area (Å²) in [4.78, 5) is 20.9. The van der Waals surface area contributed by atoms with Gasteiger partial charge in [0.15, 0.2) is 0 Å². The van der Waals surface area contributed by atoms with Crippen molar-refractivity contribution in [1.29, 1.82) is 0 Å². The highest BCUT2D eigenvalue weighted by Gasteiger charge is 2.14. The van der Waals surface area contributed by atoms with Crippen LogP contribution in [0.1, 0.15) is 16.2 Å². The van der Waals surface area contributed by atoms with Crippen molar-refractivity contribution in [3.63, 3.8) is 0 Å². The maximum absolute atomic E-state index is 12.2. The molecule has 0 aliphatic carbocycles. The molecule has 0 fully saturated rings. The first-order chi connectivity index (χ1) is 9.11. The van der Waals surface area contributed by atoms with E-state index in [1.807, 2.05) is 0 Å². The number of benzene rings is 1. The van der Waals surface area contributed by atoms with E-state index in [9.17, 15) is 4.79 Å². The van der Waals surface area contributed by atoms with Crippen LogP contribution in [0.15, 0.2) is 30.6 Å². The van der Waals surface area contributed by atoms with Gasteiger partial charge in [0.2, 0.25) is 0 Å². The lowest BCUT2D eigenvalue weighted by atomic mass is 10.1. The minimum atomic E-state index is -0.116. The molecule has 100 valence electrons. The summed E-state index contributed by atoms with van der Waals surface area (Å²) in [7, 11) is 3.24. The molecule has 0 spiro atoms. The lowest BCUT2D eigenvalue weighted by Gasteiger charge is -2.16.